The Kier molecular flexibility index (Phi) is 4.13. The molecule has 0 N–H and O–H groups in total. The molecule has 1 aromatic carbocycles. The van der Waals surface area contributed by atoms with Crippen molar-refractivity contribution in [3.05, 3.63) is 48.0 Å². The van der Waals surface area contributed by atoms with E-state index < -0.39 is 11.0 Å². The first-order valence-corrected chi connectivity index (χ1v) is 7.23. The summed E-state index contributed by atoms with van der Waals surface area (Å²) in [6.45, 7) is 5.59. The van der Waals surface area contributed by atoms with Gasteiger partial charge in [-0.2, -0.15) is 9.50 Å². The number of nitrogens with zero attached hydrogens (tertiary/aromatic N) is 3. The van der Waals surface area contributed by atoms with E-state index in [1.807, 2.05) is 20.8 Å². The summed E-state index contributed by atoms with van der Waals surface area (Å²) in [6, 6.07) is 6.02. The van der Waals surface area contributed by atoms with Gasteiger partial charge in [-0.3, -0.25) is 0 Å². The molecule has 0 radical (unpaired) electrons. The highest BCUT2D eigenvalue weighted by atomic mass is 32.2. The Hall–Kier alpha value is -1.82. The van der Waals surface area contributed by atoms with Crippen molar-refractivity contribution < 1.29 is 8.60 Å². The van der Waals surface area contributed by atoms with Crippen LogP contribution >= 0.6 is 0 Å². The zero-order valence-electron chi connectivity index (χ0n) is 11.6. The van der Waals surface area contributed by atoms with E-state index in [1.54, 1.807) is 29.2 Å². The van der Waals surface area contributed by atoms with E-state index in [0.717, 1.165) is 11.3 Å². The third kappa shape index (κ3) is 3.60. The molecule has 0 unspecified atom stereocenters. The van der Waals surface area contributed by atoms with Gasteiger partial charge in [-0.15, -0.1) is 0 Å². The van der Waals surface area contributed by atoms with Crippen LogP contribution in [0.1, 0.15) is 26.3 Å². The Morgan fingerprint density at radius 3 is 2.55 bits per heavy atom. The lowest BCUT2D eigenvalue weighted by molar-refractivity contribution is 0.627. The van der Waals surface area contributed by atoms with Crippen LogP contribution in [0.25, 0.3) is 5.69 Å². The van der Waals surface area contributed by atoms with E-state index in [2.05, 4.69) is 9.50 Å². The van der Waals surface area contributed by atoms with Crippen LogP contribution < -0.4 is 0 Å². The molecule has 0 amide bonds. The van der Waals surface area contributed by atoms with Crippen molar-refractivity contribution in [1.82, 2.24) is 9.78 Å². The monoisotopic (exact) mass is 293 g/mol. The molecule has 2 aromatic rings. The predicted octanol–water partition coefficient (Wildman–Crippen LogP) is 2.89. The fraction of sp³-hybridized carbons (Fsp3) is 0.286. The van der Waals surface area contributed by atoms with E-state index in [0.29, 0.717) is 0 Å². The van der Waals surface area contributed by atoms with E-state index in [-0.39, 0.29) is 10.6 Å². The Labute approximate surface area is 119 Å². The minimum Gasteiger partial charge on any atom is -0.240 e. The van der Waals surface area contributed by atoms with Gasteiger partial charge in [0.1, 0.15) is 16.8 Å². The molecule has 2 rings (SSSR count). The number of benzene rings is 1. The fourth-order valence-electron chi connectivity index (χ4n) is 1.41. The second-order valence-corrected chi connectivity index (χ2v) is 7.22. The number of hydrogen-bond acceptors (Lipinski definition) is 2. The maximum Gasteiger partial charge on any atom is 0.144 e. The summed E-state index contributed by atoms with van der Waals surface area (Å²) in [7, 11) is -1.29. The molecular formula is C14H16FN3OS. The van der Waals surface area contributed by atoms with Gasteiger partial charge in [-0.25, -0.2) is 13.3 Å². The molecule has 0 aliphatic heterocycles. The minimum absolute atomic E-state index is 0.289. The molecule has 0 spiro atoms. The van der Waals surface area contributed by atoms with Crippen LogP contribution in [0.2, 0.25) is 0 Å². The maximum atomic E-state index is 12.8. The van der Waals surface area contributed by atoms with Crippen molar-refractivity contribution in [1.29, 1.82) is 0 Å². The van der Waals surface area contributed by atoms with Crippen LogP contribution in [0.5, 0.6) is 0 Å². The van der Waals surface area contributed by atoms with Gasteiger partial charge in [0.15, 0.2) is 0 Å². The van der Waals surface area contributed by atoms with Crippen molar-refractivity contribution in [3.8, 4) is 5.69 Å². The standard InChI is InChI=1S/C14H16FN3OS/c1-14(2,3)20(19)17-9-11-8-16-18(10-11)13-6-4-12(15)5-7-13/h4-10H,1-3H3/t20-/m1/s1. The van der Waals surface area contributed by atoms with Gasteiger partial charge in [0, 0.05) is 18.0 Å². The lowest BCUT2D eigenvalue weighted by atomic mass is 10.3. The second kappa shape index (κ2) is 5.66. The van der Waals surface area contributed by atoms with Crippen LogP contribution in [0.4, 0.5) is 4.39 Å². The van der Waals surface area contributed by atoms with Crippen molar-refractivity contribution in [2.24, 2.45) is 4.40 Å². The van der Waals surface area contributed by atoms with Crippen LogP contribution in [0.3, 0.4) is 0 Å². The third-order valence-corrected chi connectivity index (χ3v) is 3.86. The van der Waals surface area contributed by atoms with Crippen LogP contribution in [-0.2, 0) is 11.0 Å². The Morgan fingerprint density at radius 2 is 1.95 bits per heavy atom. The molecule has 0 bridgehead atoms. The molecule has 0 fully saturated rings. The predicted molar refractivity (Wildman–Crippen MR) is 79.0 cm³/mol. The Bertz CT molecular complexity index is 641. The molecule has 4 nitrogen and oxygen atoms in total. The summed E-state index contributed by atoms with van der Waals surface area (Å²) in [5.74, 6) is -0.289. The summed E-state index contributed by atoms with van der Waals surface area (Å²) in [5, 5.41) is 4.16. The van der Waals surface area contributed by atoms with Crippen molar-refractivity contribution in [3.63, 3.8) is 0 Å². The lowest BCUT2D eigenvalue weighted by Gasteiger charge is -2.12. The average Bonchev–Trinajstić information content (AvgIpc) is 2.84. The summed E-state index contributed by atoms with van der Waals surface area (Å²) in [5.41, 5.74) is 1.50. The molecule has 106 valence electrons. The molecule has 0 saturated carbocycles. The van der Waals surface area contributed by atoms with Crippen LogP contribution in [0.15, 0.2) is 41.1 Å². The third-order valence-electron chi connectivity index (χ3n) is 2.52. The SMILES string of the molecule is CC(C)(C)[S@@](=O)N=Cc1cnn(-c2ccc(F)cc2)c1. The van der Waals surface area contributed by atoms with Gasteiger partial charge in [0.25, 0.3) is 0 Å². The summed E-state index contributed by atoms with van der Waals surface area (Å²) >= 11 is 0. The number of hydrogen-bond donors (Lipinski definition) is 0. The highest BCUT2D eigenvalue weighted by molar-refractivity contribution is 7.85. The molecule has 20 heavy (non-hydrogen) atoms. The fourth-order valence-corrected chi connectivity index (χ4v) is 1.94. The quantitative estimate of drug-likeness (QED) is 0.817. The van der Waals surface area contributed by atoms with Crippen molar-refractivity contribution in [2.75, 3.05) is 0 Å². The van der Waals surface area contributed by atoms with Crippen LogP contribution in [0, 0.1) is 5.82 Å². The maximum absolute atomic E-state index is 12.8. The molecule has 0 aliphatic rings. The van der Waals surface area contributed by atoms with Gasteiger partial charge < -0.3 is 0 Å². The molecule has 6 heteroatoms. The van der Waals surface area contributed by atoms with Gasteiger partial charge in [0.05, 0.1) is 16.6 Å². The number of aromatic nitrogens is 2. The molecule has 1 heterocycles. The van der Waals surface area contributed by atoms with Crippen molar-refractivity contribution >= 4 is 17.2 Å². The van der Waals surface area contributed by atoms with E-state index in [4.69, 9.17) is 0 Å². The summed E-state index contributed by atoms with van der Waals surface area (Å²) in [4.78, 5) is 0. The summed E-state index contributed by atoms with van der Waals surface area (Å²) < 4.78 is 29.9. The first kappa shape index (κ1) is 14.6. The second-order valence-electron chi connectivity index (χ2n) is 5.29. The number of rotatable bonds is 3. The van der Waals surface area contributed by atoms with Gasteiger partial charge >= 0.3 is 0 Å². The van der Waals surface area contributed by atoms with Gasteiger partial charge in [-0.05, 0) is 45.0 Å². The average molecular weight is 293 g/mol. The molecule has 1 aromatic heterocycles. The molecule has 1 atom stereocenters. The normalized spacial score (nSPS) is 13.8. The largest absolute Gasteiger partial charge is 0.240 e. The molecule has 0 saturated heterocycles. The Morgan fingerprint density at radius 1 is 1.30 bits per heavy atom. The smallest absolute Gasteiger partial charge is 0.144 e. The van der Waals surface area contributed by atoms with Gasteiger partial charge in [-0.1, -0.05) is 0 Å². The zero-order valence-corrected chi connectivity index (χ0v) is 12.4. The van der Waals surface area contributed by atoms with Crippen LogP contribution in [-0.4, -0.2) is 25.0 Å². The highest BCUT2D eigenvalue weighted by Gasteiger charge is 2.18. The topological polar surface area (TPSA) is 47.2 Å². The van der Waals surface area contributed by atoms with E-state index >= 15 is 0 Å². The van der Waals surface area contributed by atoms with E-state index in [1.165, 1.54) is 18.3 Å². The first-order chi connectivity index (χ1) is 9.36. The summed E-state index contributed by atoms with van der Waals surface area (Å²) in [6.07, 6.45) is 4.90. The first-order valence-electron chi connectivity index (χ1n) is 6.13. The lowest BCUT2D eigenvalue weighted by Crippen LogP contribution is -2.19. The van der Waals surface area contributed by atoms with Gasteiger partial charge in [0.2, 0.25) is 0 Å². The zero-order chi connectivity index (χ0) is 14.8. The number of halogens is 1. The van der Waals surface area contributed by atoms with Crippen molar-refractivity contribution in [2.45, 2.75) is 25.5 Å². The Balaban J connectivity index is 2.15. The molecular weight excluding hydrogens is 277 g/mol. The van der Waals surface area contributed by atoms with E-state index in [9.17, 15) is 8.60 Å². The highest BCUT2D eigenvalue weighted by Crippen LogP contribution is 2.13. The molecule has 0 aliphatic carbocycles. The minimum atomic E-state index is -1.29.